The van der Waals surface area contributed by atoms with Gasteiger partial charge in [-0.25, -0.2) is 0 Å². The van der Waals surface area contributed by atoms with Crippen LogP contribution in [0.2, 0.25) is 0 Å². The van der Waals surface area contributed by atoms with Crippen molar-refractivity contribution in [1.82, 2.24) is 9.88 Å². The molecule has 0 aliphatic carbocycles. The molecular formula is C20H26N2O4. The first-order valence-corrected chi connectivity index (χ1v) is 9.22. The van der Waals surface area contributed by atoms with Crippen LogP contribution in [0.1, 0.15) is 38.2 Å². The third-order valence-electron chi connectivity index (χ3n) is 4.79. The number of methoxy groups -OCH3 is 1. The molecule has 0 unspecified atom stereocenters. The second-order valence-corrected chi connectivity index (χ2v) is 6.69. The van der Waals surface area contributed by atoms with Crippen LogP contribution in [-0.2, 0) is 16.1 Å². The van der Waals surface area contributed by atoms with Gasteiger partial charge in [-0.2, -0.15) is 0 Å². The highest BCUT2D eigenvalue weighted by Crippen LogP contribution is 2.20. The summed E-state index contributed by atoms with van der Waals surface area (Å²) in [6.45, 7) is 3.66. The van der Waals surface area contributed by atoms with E-state index >= 15 is 0 Å². The van der Waals surface area contributed by atoms with E-state index < -0.39 is 0 Å². The summed E-state index contributed by atoms with van der Waals surface area (Å²) < 4.78 is 10.7. The molecule has 6 nitrogen and oxygen atoms in total. The van der Waals surface area contributed by atoms with Crippen LogP contribution in [0.3, 0.4) is 0 Å². The van der Waals surface area contributed by atoms with E-state index in [0.29, 0.717) is 31.0 Å². The highest BCUT2D eigenvalue weighted by Gasteiger charge is 2.28. The molecule has 0 saturated carbocycles. The van der Waals surface area contributed by atoms with Gasteiger partial charge < -0.3 is 19.4 Å². The maximum Gasteiger partial charge on any atom is 0.253 e. The third kappa shape index (κ3) is 4.07. The fourth-order valence-electron chi connectivity index (χ4n) is 3.27. The molecule has 6 heteroatoms. The van der Waals surface area contributed by atoms with Gasteiger partial charge in [-0.05, 0) is 42.8 Å². The standard InChI is InChI=1S/C20H26N2O4/c1-3-4-9-22(20(24)18-6-5-10-26-18)13-15-11-14-7-8-16(25-2)12-17(14)21-19(15)23/h7-8,11-12,18H,3-6,9-10,13H2,1-2H3,(H,21,23)/t18-/m1/s1. The smallest absolute Gasteiger partial charge is 0.253 e. The lowest BCUT2D eigenvalue weighted by molar-refractivity contribution is -0.141. The molecule has 2 aromatic rings. The molecule has 1 saturated heterocycles. The fraction of sp³-hybridized carbons (Fsp3) is 0.500. The maximum atomic E-state index is 12.8. The Balaban J connectivity index is 1.86. The number of rotatable bonds is 7. The SMILES string of the molecule is CCCCN(Cc1cc2ccc(OC)cc2[nH]c1=O)C(=O)[C@H]1CCCO1. The Kier molecular flexibility index (Phi) is 5.93. The lowest BCUT2D eigenvalue weighted by Crippen LogP contribution is -2.40. The number of benzene rings is 1. The molecule has 26 heavy (non-hydrogen) atoms. The topological polar surface area (TPSA) is 71.6 Å². The summed E-state index contributed by atoms with van der Waals surface area (Å²) in [6.07, 6.45) is 3.20. The lowest BCUT2D eigenvalue weighted by atomic mass is 10.1. The number of ether oxygens (including phenoxy) is 2. The molecule has 2 heterocycles. The van der Waals surface area contributed by atoms with E-state index in [1.54, 1.807) is 18.1 Å². The van der Waals surface area contributed by atoms with Crippen LogP contribution in [0.5, 0.6) is 5.75 Å². The molecule has 0 radical (unpaired) electrons. The Bertz CT molecular complexity index is 824. The van der Waals surface area contributed by atoms with E-state index in [-0.39, 0.29) is 17.6 Å². The van der Waals surface area contributed by atoms with Gasteiger partial charge in [0.2, 0.25) is 0 Å². The van der Waals surface area contributed by atoms with E-state index in [1.807, 2.05) is 18.2 Å². The molecule has 0 spiro atoms. The Morgan fingerprint density at radius 3 is 2.92 bits per heavy atom. The number of carbonyl (C=O) groups excluding carboxylic acids is 1. The average molecular weight is 358 g/mol. The monoisotopic (exact) mass is 358 g/mol. The average Bonchev–Trinajstić information content (AvgIpc) is 3.19. The number of hydrogen-bond donors (Lipinski definition) is 1. The summed E-state index contributed by atoms with van der Waals surface area (Å²) in [7, 11) is 1.59. The normalized spacial score (nSPS) is 16.8. The van der Waals surface area contributed by atoms with Gasteiger partial charge in [-0.1, -0.05) is 13.3 Å². The molecule has 0 bridgehead atoms. The fourth-order valence-corrected chi connectivity index (χ4v) is 3.27. The van der Waals surface area contributed by atoms with E-state index in [2.05, 4.69) is 11.9 Å². The molecule has 1 N–H and O–H groups in total. The first-order valence-electron chi connectivity index (χ1n) is 9.22. The molecule has 1 amide bonds. The molecule has 1 aliphatic heterocycles. The molecule has 140 valence electrons. The summed E-state index contributed by atoms with van der Waals surface area (Å²) in [5.74, 6) is 0.684. The number of pyridine rings is 1. The number of nitrogens with zero attached hydrogens (tertiary/aromatic N) is 1. The quantitative estimate of drug-likeness (QED) is 0.826. The predicted molar refractivity (Wildman–Crippen MR) is 100 cm³/mol. The van der Waals surface area contributed by atoms with Gasteiger partial charge in [0, 0.05) is 24.8 Å². The van der Waals surface area contributed by atoms with E-state index in [1.165, 1.54) is 0 Å². The van der Waals surface area contributed by atoms with Crippen LogP contribution in [0.4, 0.5) is 0 Å². The molecule has 1 aromatic heterocycles. The Morgan fingerprint density at radius 1 is 1.38 bits per heavy atom. The van der Waals surface area contributed by atoms with Gasteiger partial charge in [0.1, 0.15) is 11.9 Å². The summed E-state index contributed by atoms with van der Waals surface area (Å²) in [6, 6.07) is 7.42. The van der Waals surface area contributed by atoms with Crippen LogP contribution in [-0.4, -0.2) is 42.2 Å². The Hall–Kier alpha value is -2.34. The summed E-state index contributed by atoms with van der Waals surface area (Å²) >= 11 is 0. The van der Waals surface area contributed by atoms with Gasteiger partial charge >= 0.3 is 0 Å². The van der Waals surface area contributed by atoms with Crippen molar-refractivity contribution < 1.29 is 14.3 Å². The van der Waals surface area contributed by atoms with Crippen molar-refractivity contribution in [3.05, 3.63) is 40.2 Å². The summed E-state index contributed by atoms with van der Waals surface area (Å²) in [4.78, 5) is 30.0. The molecule has 1 aromatic carbocycles. The van der Waals surface area contributed by atoms with Gasteiger partial charge in [-0.15, -0.1) is 0 Å². The van der Waals surface area contributed by atoms with Crippen molar-refractivity contribution in [3.63, 3.8) is 0 Å². The minimum Gasteiger partial charge on any atom is -0.497 e. The number of amides is 1. The number of aromatic nitrogens is 1. The van der Waals surface area contributed by atoms with Crippen molar-refractivity contribution in [2.45, 2.75) is 45.3 Å². The molecule has 3 rings (SSSR count). The van der Waals surface area contributed by atoms with E-state index in [4.69, 9.17) is 9.47 Å². The summed E-state index contributed by atoms with van der Waals surface area (Å²) in [5, 5.41) is 0.917. The zero-order chi connectivity index (χ0) is 18.5. The minimum absolute atomic E-state index is 0.00909. The number of aromatic amines is 1. The van der Waals surface area contributed by atoms with E-state index in [0.717, 1.165) is 36.6 Å². The number of unbranched alkanes of at least 4 members (excludes halogenated alkanes) is 1. The van der Waals surface area contributed by atoms with Gasteiger partial charge in [0.05, 0.1) is 19.2 Å². The van der Waals surface area contributed by atoms with Crippen molar-refractivity contribution in [3.8, 4) is 5.75 Å². The second kappa shape index (κ2) is 8.36. The molecule has 1 aliphatic rings. The molecular weight excluding hydrogens is 332 g/mol. The Morgan fingerprint density at radius 2 is 2.23 bits per heavy atom. The number of nitrogens with one attached hydrogen (secondary N) is 1. The zero-order valence-corrected chi connectivity index (χ0v) is 15.4. The zero-order valence-electron chi connectivity index (χ0n) is 15.4. The first-order chi connectivity index (χ1) is 12.6. The maximum absolute atomic E-state index is 12.8. The second-order valence-electron chi connectivity index (χ2n) is 6.69. The van der Waals surface area contributed by atoms with E-state index in [9.17, 15) is 9.59 Å². The summed E-state index contributed by atoms with van der Waals surface area (Å²) in [5.41, 5.74) is 1.14. The van der Waals surface area contributed by atoms with Crippen LogP contribution in [0.25, 0.3) is 10.9 Å². The van der Waals surface area contributed by atoms with Gasteiger partial charge in [-0.3, -0.25) is 9.59 Å². The molecule has 1 fully saturated rings. The van der Waals surface area contributed by atoms with Crippen LogP contribution >= 0.6 is 0 Å². The lowest BCUT2D eigenvalue weighted by Gasteiger charge is -2.25. The number of H-pyrrole nitrogens is 1. The first kappa shape index (κ1) is 18.5. The highest BCUT2D eigenvalue weighted by atomic mass is 16.5. The minimum atomic E-state index is -0.365. The van der Waals surface area contributed by atoms with Gasteiger partial charge in [0.15, 0.2) is 0 Å². The number of carbonyl (C=O) groups is 1. The largest absolute Gasteiger partial charge is 0.497 e. The third-order valence-corrected chi connectivity index (χ3v) is 4.79. The number of hydrogen-bond acceptors (Lipinski definition) is 4. The van der Waals surface area contributed by atoms with Crippen molar-refractivity contribution in [2.24, 2.45) is 0 Å². The van der Waals surface area contributed by atoms with Crippen molar-refractivity contribution >= 4 is 16.8 Å². The van der Waals surface area contributed by atoms with Crippen molar-refractivity contribution in [1.29, 1.82) is 0 Å². The highest BCUT2D eigenvalue weighted by molar-refractivity contribution is 5.82. The van der Waals surface area contributed by atoms with Crippen LogP contribution < -0.4 is 10.3 Å². The van der Waals surface area contributed by atoms with Crippen molar-refractivity contribution in [2.75, 3.05) is 20.3 Å². The number of fused-ring (bicyclic) bond motifs is 1. The van der Waals surface area contributed by atoms with Gasteiger partial charge in [0.25, 0.3) is 11.5 Å². The molecule has 1 atom stereocenters. The van der Waals surface area contributed by atoms with Crippen LogP contribution in [0.15, 0.2) is 29.1 Å². The Labute approximate surface area is 153 Å². The predicted octanol–water partition coefficient (Wildman–Crippen LogP) is 2.84. The van der Waals surface area contributed by atoms with Crippen LogP contribution in [0, 0.1) is 0 Å².